The first-order valence-corrected chi connectivity index (χ1v) is 8.69. The number of methoxy groups -OCH3 is 1. The molecule has 25 heavy (non-hydrogen) atoms. The molecule has 0 bridgehead atoms. The molecule has 9 heteroatoms. The van der Waals surface area contributed by atoms with Crippen molar-refractivity contribution < 1.29 is 14.3 Å². The number of aliphatic imine (C=N–C) groups is 1. The molecule has 0 spiro atoms. The minimum atomic E-state index is -0.234. The van der Waals surface area contributed by atoms with Gasteiger partial charge in [-0.25, -0.2) is 0 Å². The Bertz CT molecular complexity index is 734. The lowest BCUT2D eigenvalue weighted by molar-refractivity contribution is -0.140. The first-order chi connectivity index (χ1) is 12.2. The SMILES string of the molecule is COC(=O)CCN1CCN=C1Nc1nnc(COc2ccccc2)s1. The second-order valence-corrected chi connectivity index (χ2v) is 6.31. The molecule has 0 amide bonds. The van der Waals surface area contributed by atoms with E-state index in [9.17, 15) is 4.79 Å². The Balaban J connectivity index is 1.51. The molecular weight excluding hydrogens is 342 g/mol. The van der Waals surface area contributed by atoms with E-state index in [1.54, 1.807) is 0 Å². The third-order valence-electron chi connectivity index (χ3n) is 3.54. The first-order valence-electron chi connectivity index (χ1n) is 7.88. The van der Waals surface area contributed by atoms with Crippen molar-refractivity contribution >= 4 is 28.4 Å². The van der Waals surface area contributed by atoms with Gasteiger partial charge in [-0.3, -0.25) is 9.79 Å². The molecule has 0 aliphatic carbocycles. The number of esters is 1. The molecule has 132 valence electrons. The van der Waals surface area contributed by atoms with Gasteiger partial charge in [-0.05, 0) is 12.1 Å². The summed E-state index contributed by atoms with van der Waals surface area (Å²) >= 11 is 1.41. The van der Waals surface area contributed by atoms with Crippen molar-refractivity contribution in [3.05, 3.63) is 35.3 Å². The molecule has 2 heterocycles. The van der Waals surface area contributed by atoms with E-state index in [2.05, 4.69) is 25.2 Å². The van der Waals surface area contributed by atoms with E-state index in [1.807, 2.05) is 35.2 Å². The fraction of sp³-hybridized carbons (Fsp3) is 0.375. The predicted molar refractivity (Wildman–Crippen MR) is 94.8 cm³/mol. The van der Waals surface area contributed by atoms with Crippen molar-refractivity contribution in [2.45, 2.75) is 13.0 Å². The van der Waals surface area contributed by atoms with E-state index < -0.39 is 0 Å². The van der Waals surface area contributed by atoms with Crippen molar-refractivity contribution in [2.75, 3.05) is 32.1 Å². The summed E-state index contributed by atoms with van der Waals surface area (Å²) in [5.74, 6) is 1.26. The fourth-order valence-electron chi connectivity index (χ4n) is 2.27. The number of carbonyl (C=O) groups excluding carboxylic acids is 1. The standard InChI is InChI=1S/C16H19N5O3S/c1-23-14(22)7-9-21-10-8-17-15(21)18-16-20-19-13(25-16)11-24-12-5-3-2-4-6-12/h2-6H,7-11H2,1H3,(H,17,18,20). The molecule has 1 aromatic carbocycles. The number of nitrogens with zero attached hydrogens (tertiary/aromatic N) is 4. The third-order valence-corrected chi connectivity index (χ3v) is 4.35. The molecule has 0 atom stereocenters. The Morgan fingerprint density at radius 2 is 2.16 bits per heavy atom. The number of guanidine groups is 1. The summed E-state index contributed by atoms with van der Waals surface area (Å²) in [5, 5.41) is 12.8. The molecular formula is C16H19N5O3S. The van der Waals surface area contributed by atoms with Gasteiger partial charge in [0.2, 0.25) is 5.13 Å². The lowest BCUT2D eigenvalue weighted by Gasteiger charge is -2.19. The van der Waals surface area contributed by atoms with Gasteiger partial charge in [0.25, 0.3) is 0 Å². The van der Waals surface area contributed by atoms with Crippen molar-refractivity contribution in [1.82, 2.24) is 15.1 Å². The Morgan fingerprint density at radius 3 is 2.96 bits per heavy atom. The van der Waals surface area contributed by atoms with Gasteiger partial charge in [0.15, 0.2) is 11.0 Å². The third kappa shape index (κ3) is 4.90. The molecule has 1 N–H and O–H groups in total. The van der Waals surface area contributed by atoms with E-state index in [-0.39, 0.29) is 5.97 Å². The van der Waals surface area contributed by atoms with Gasteiger partial charge in [-0.1, -0.05) is 29.5 Å². The number of nitrogens with one attached hydrogen (secondary N) is 1. The number of benzene rings is 1. The Hall–Kier alpha value is -2.68. The van der Waals surface area contributed by atoms with Gasteiger partial charge in [-0.2, -0.15) is 0 Å². The van der Waals surface area contributed by atoms with Crippen LogP contribution in [0.2, 0.25) is 0 Å². The van der Waals surface area contributed by atoms with E-state index in [4.69, 9.17) is 4.74 Å². The Kier molecular flexibility index (Phi) is 5.78. The molecule has 0 radical (unpaired) electrons. The molecule has 0 saturated carbocycles. The molecule has 1 aliphatic rings. The smallest absolute Gasteiger partial charge is 0.307 e. The Morgan fingerprint density at radius 1 is 1.32 bits per heavy atom. The van der Waals surface area contributed by atoms with Crippen LogP contribution in [0.1, 0.15) is 11.4 Å². The van der Waals surface area contributed by atoms with Crippen molar-refractivity contribution in [3.63, 3.8) is 0 Å². The Labute approximate surface area is 149 Å². The number of hydrogen-bond acceptors (Lipinski definition) is 9. The maximum absolute atomic E-state index is 11.3. The van der Waals surface area contributed by atoms with Crippen LogP contribution in [0.25, 0.3) is 0 Å². The predicted octanol–water partition coefficient (Wildman–Crippen LogP) is 1.76. The van der Waals surface area contributed by atoms with Crippen LogP contribution < -0.4 is 10.1 Å². The quantitative estimate of drug-likeness (QED) is 0.752. The van der Waals surface area contributed by atoms with Crippen LogP contribution in [-0.2, 0) is 16.1 Å². The second-order valence-electron chi connectivity index (χ2n) is 5.25. The van der Waals surface area contributed by atoms with E-state index >= 15 is 0 Å². The number of para-hydroxylation sites is 1. The molecule has 0 fully saturated rings. The van der Waals surface area contributed by atoms with Crippen LogP contribution in [0.3, 0.4) is 0 Å². The largest absolute Gasteiger partial charge is 0.486 e. The fourth-order valence-corrected chi connectivity index (χ4v) is 2.91. The number of ether oxygens (including phenoxy) is 2. The zero-order valence-electron chi connectivity index (χ0n) is 13.8. The topological polar surface area (TPSA) is 88.9 Å². The zero-order chi connectivity index (χ0) is 17.5. The first kappa shape index (κ1) is 17.2. The van der Waals surface area contributed by atoms with Crippen molar-refractivity contribution in [2.24, 2.45) is 4.99 Å². The summed E-state index contributed by atoms with van der Waals surface area (Å²) in [5.41, 5.74) is 0. The molecule has 1 aromatic heterocycles. The van der Waals surface area contributed by atoms with Crippen molar-refractivity contribution in [3.8, 4) is 5.75 Å². The summed E-state index contributed by atoms with van der Waals surface area (Å²) < 4.78 is 10.3. The van der Waals surface area contributed by atoms with Crippen LogP contribution >= 0.6 is 11.3 Å². The summed E-state index contributed by atoms with van der Waals surface area (Å²) in [6.07, 6.45) is 0.323. The average molecular weight is 361 g/mol. The van der Waals surface area contributed by atoms with Gasteiger partial charge in [-0.15, -0.1) is 10.2 Å². The summed E-state index contributed by atoms with van der Waals surface area (Å²) in [4.78, 5) is 17.7. The van der Waals surface area contributed by atoms with Crippen LogP contribution in [0, 0.1) is 0 Å². The van der Waals surface area contributed by atoms with Gasteiger partial charge in [0.05, 0.1) is 20.1 Å². The normalized spacial score (nSPS) is 13.5. The number of anilines is 1. The van der Waals surface area contributed by atoms with Gasteiger partial charge >= 0.3 is 5.97 Å². The van der Waals surface area contributed by atoms with Gasteiger partial charge < -0.3 is 19.7 Å². The number of aromatic nitrogens is 2. The zero-order valence-corrected chi connectivity index (χ0v) is 14.7. The number of hydrogen-bond donors (Lipinski definition) is 1. The maximum atomic E-state index is 11.3. The highest BCUT2D eigenvalue weighted by Gasteiger charge is 2.19. The minimum absolute atomic E-state index is 0.234. The van der Waals surface area contributed by atoms with Crippen molar-refractivity contribution in [1.29, 1.82) is 0 Å². The molecule has 1 aliphatic heterocycles. The van der Waals surface area contributed by atoms with E-state index in [0.29, 0.717) is 37.2 Å². The summed E-state index contributed by atoms with van der Waals surface area (Å²) in [6, 6.07) is 9.57. The molecule has 3 rings (SSSR count). The lowest BCUT2D eigenvalue weighted by atomic mass is 10.3. The monoisotopic (exact) mass is 361 g/mol. The molecule has 0 unspecified atom stereocenters. The lowest BCUT2D eigenvalue weighted by Crippen LogP contribution is -2.34. The van der Waals surface area contributed by atoms with Crippen LogP contribution in [0.5, 0.6) is 5.75 Å². The second kappa shape index (κ2) is 8.43. The van der Waals surface area contributed by atoms with E-state index in [0.717, 1.165) is 17.3 Å². The number of rotatable bonds is 7. The summed E-state index contributed by atoms with van der Waals surface area (Å²) in [6.45, 7) is 2.37. The number of carbonyl (C=O) groups is 1. The minimum Gasteiger partial charge on any atom is -0.486 e. The summed E-state index contributed by atoms with van der Waals surface area (Å²) in [7, 11) is 1.39. The van der Waals surface area contributed by atoms with Crippen LogP contribution in [0.15, 0.2) is 35.3 Å². The van der Waals surface area contributed by atoms with Crippen LogP contribution in [-0.4, -0.2) is 53.8 Å². The highest BCUT2D eigenvalue weighted by molar-refractivity contribution is 7.15. The maximum Gasteiger partial charge on any atom is 0.307 e. The average Bonchev–Trinajstić information content (AvgIpc) is 3.28. The highest BCUT2D eigenvalue weighted by atomic mass is 32.1. The van der Waals surface area contributed by atoms with Crippen LogP contribution in [0.4, 0.5) is 5.13 Å². The molecule has 2 aromatic rings. The molecule has 0 saturated heterocycles. The van der Waals surface area contributed by atoms with E-state index in [1.165, 1.54) is 18.4 Å². The highest BCUT2D eigenvalue weighted by Crippen LogP contribution is 2.19. The molecule has 8 nitrogen and oxygen atoms in total. The van der Waals surface area contributed by atoms with Gasteiger partial charge in [0.1, 0.15) is 12.4 Å². The van der Waals surface area contributed by atoms with Gasteiger partial charge in [0, 0.05) is 13.1 Å².